The molecule has 1 aromatic carbocycles. The van der Waals surface area contributed by atoms with E-state index < -0.39 is 0 Å². The van der Waals surface area contributed by atoms with Gasteiger partial charge in [0.2, 0.25) is 0 Å². The summed E-state index contributed by atoms with van der Waals surface area (Å²) >= 11 is 5.88. The van der Waals surface area contributed by atoms with Crippen LogP contribution >= 0.6 is 11.6 Å². The van der Waals surface area contributed by atoms with Crippen molar-refractivity contribution in [1.29, 1.82) is 5.26 Å². The Bertz CT molecular complexity index is 410. The lowest BCUT2D eigenvalue weighted by Gasteiger charge is -2.22. The molecule has 0 radical (unpaired) electrons. The van der Waals surface area contributed by atoms with Crippen LogP contribution < -0.4 is 10.5 Å². The fraction of sp³-hybridized carbons (Fsp3) is 0.417. The highest BCUT2D eigenvalue weighted by Gasteiger charge is 2.16. The first kappa shape index (κ1) is 12.8. The molecule has 1 atom stereocenters. The lowest BCUT2D eigenvalue weighted by molar-refractivity contribution is 0.226. The second-order valence-electron chi connectivity index (χ2n) is 4.05. The van der Waals surface area contributed by atoms with Crippen molar-refractivity contribution in [2.24, 2.45) is 5.73 Å². The van der Waals surface area contributed by atoms with Gasteiger partial charge in [0.05, 0.1) is 10.6 Å². The van der Waals surface area contributed by atoms with Crippen LogP contribution in [0.4, 0.5) is 0 Å². The predicted molar refractivity (Wildman–Crippen MR) is 64.5 cm³/mol. The van der Waals surface area contributed by atoms with Gasteiger partial charge in [0, 0.05) is 11.6 Å². The first-order valence-corrected chi connectivity index (χ1v) is 5.47. The Morgan fingerprint density at radius 2 is 2.25 bits per heavy atom. The maximum atomic E-state index is 8.71. The average Bonchev–Trinajstić information content (AvgIpc) is 2.27. The van der Waals surface area contributed by atoms with Gasteiger partial charge in [-0.2, -0.15) is 5.26 Å². The molecule has 0 aromatic heterocycles. The fourth-order valence-corrected chi connectivity index (χ4v) is 1.24. The third kappa shape index (κ3) is 3.41. The molecule has 0 aliphatic rings. The molecule has 1 unspecified atom stereocenters. The molecule has 0 spiro atoms. The van der Waals surface area contributed by atoms with Gasteiger partial charge in [-0.15, -0.1) is 0 Å². The Balaban J connectivity index is 2.70. The average molecular weight is 239 g/mol. The lowest BCUT2D eigenvalue weighted by atomic mass is 10.0. The van der Waals surface area contributed by atoms with Crippen molar-refractivity contribution in [2.45, 2.75) is 25.8 Å². The summed E-state index contributed by atoms with van der Waals surface area (Å²) in [6.07, 6.45) is 0.830. The molecule has 0 fully saturated rings. The monoisotopic (exact) mass is 238 g/mol. The van der Waals surface area contributed by atoms with E-state index in [1.165, 1.54) is 0 Å². The number of rotatable bonds is 4. The summed E-state index contributed by atoms with van der Waals surface area (Å²) in [6, 6.07) is 6.98. The number of hydrogen-bond acceptors (Lipinski definition) is 3. The van der Waals surface area contributed by atoms with E-state index in [-0.39, 0.29) is 5.54 Å². The topological polar surface area (TPSA) is 59.0 Å². The largest absolute Gasteiger partial charge is 0.492 e. The van der Waals surface area contributed by atoms with Crippen LogP contribution in [0.15, 0.2) is 18.2 Å². The van der Waals surface area contributed by atoms with Crippen LogP contribution in [0.3, 0.4) is 0 Å². The summed E-state index contributed by atoms with van der Waals surface area (Å²) < 4.78 is 5.52. The van der Waals surface area contributed by atoms with Crippen molar-refractivity contribution >= 4 is 11.6 Å². The SMILES string of the molecule is CCC(C)(N)COc1ccc(C#N)c(Cl)c1. The molecule has 0 bridgehead atoms. The van der Waals surface area contributed by atoms with Crippen LogP contribution in [0.5, 0.6) is 5.75 Å². The van der Waals surface area contributed by atoms with Gasteiger partial charge in [0.15, 0.2) is 0 Å². The molecular formula is C12H15ClN2O. The third-order valence-electron chi connectivity index (χ3n) is 2.44. The molecule has 0 saturated heterocycles. The fourth-order valence-electron chi connectivity index (χ4n) is 1.03. The number of hydrogen-bond donors (Lipinski definition) is 1. The number of halogens is 1. The summed E-state index contributed by atoms with van der Waals surface area (Å²) in [6.45, 7) is 4.36. The Morgan fingerprint density at radius 1 is 1.56 bits per heavy atom. The van der Waals surface area contributed by atoms with Crippen molar-refractivity contribution in [3.63, 3.8) is 0 Å². The smallest absolute Gasteiger partial charge is 0.120 e. The summed E-state index contributed by atoms with van der Waals surface area (Å²) in [5.74, 6) is 0.633. The van der Waals surface area contributed by atoms with Crippen LogP contribution in [-0.4, -0.2) is 12.1 Å². The van der Waals surface area contributed by atoms with Crippen LogP contribution in [0, 0.1) is 11.3 Å². The van der Waals surface area contributed by atoms with E-state index in [4.69, 9.17) is 27.3 Å². The quantitative estimate of drug-likeness (QED) is 0.878. The molecule has 4 heteroatoms. The highest BCUT2D eigenvalue weighted by molar-refractivity contribution is 6.31. The van der Waals surface area contributed by atoms with Crippen LogP contribution in [0.25, 0.3) is 0 Å². The predicted octanol–water partition coefficient (Wildman–Crippen LogP) is 2.72. The van der Waals surface area contributed by atoms with E-state index in [0.29, 0.717) is 22.9 Å². The maximum absolute atomic E-state index is 8.71. The highest BCUT2D eigenvalue weighted by atomic mass is 35.5. The normalized spacial score (nSPS) is 13.9. The molecule has 0 saturated carbocycles. The number of ether oxygens (including phenoxy) is 1. The van der Waals surface area contributed by atoms with Gasteiger partial charge in [-0.05, 0) is 25.5 Å². The number of nitrogens with zero attached hydrogens (tertiary/aromatic N) is 1. The zero-order chi connectivity index (χ0) is 12.2. The lowest BCUT2D eigenvalue weighted by Crippen LogP contribution is -2.41. The van der Waals surface area contributed by atoms with E-state index in [9.17, 15) is 0 Å². The minimum Gasteiger partial charge on any atom is -0.492 e. The molecule has 0 heterocycles. The van der Waals surface area contributed by atoms with Gasteiger partial charge < -0.3 is 10.5 Å². The molecule has 16 heavy (non-hydrogen) atoms. The van der Waals surface area contributed by atoms with Gasteiger partial charge in [-0.25, -0.2) is 0 Å². The molecule has 86 valence electrons. The Morgan fingerprint density at radius 3 is 2.75 bits per heavy atom. The first-order chi connectivity index (χ1) is 7.48. The number of nitriles is 1. The number of benzene rings is 1. The van der Waals surface area contributed by atoms with Crippen LogP contribution in [0.2, 0.25) is 5.02 Å². The van der Waals surface area contributed by atoms with E-state index >= 15 is 0 Å². The molecule has 3 nitrogen and oxygen atoms in total. The Kier molecular flexibility index (Phi) is 4.17. The van der Waals surface area contributed by atoms with E-state index in [1.807, 2.05) is 19.9 Å². The Labute approximate surface area is 101 Å². The minimum absolute atomic E-state index is 0.347. The third-order valence-corrected chi connectivity index (χ3v) is 2.75. The van der Waals surface area contributed by atoms with Gasteiger partial charge in [-0.3, -0.25) is 0 Å². The second kappa shape index (κ2) is 5.20. The molecule has 0 aliphatic carbocycles. The summed E-state index contributed by atoms with van der Waals surface area (Å²) in [7, 11) is 0. The second-order valence-corrected chi connectivity index (χ2v) is 4.46. The van der Waals surface area contributed by atoms with Crippen molar-refractivity contribution in [3.8, 4) is 11.8 Å². The molecule has 2 N–H and O–H groups in total. The molecule has 0 amide bonds. The molecule has 1 aromatic rings. The van der Waals surface area contributed by atoms with Gasteiger partial charge in [0.25, 0.3) is 0 Å². The van der Waals surface area contributed by atoms with Crippen LogP contribution in [0.1, 0.15) is 25.8 Å². The standard InChI is InChI=1S/C12H15ClN2O/c1-3-12(2,15)8-16-10-5-4-9(7-14)11(13)6-10/h4-6H,3,8,15H2,1-2H3. The van der Waals surface area contributed by atoms with Crippen molar-refractivity contribution in [2.75, 3.05) is 6.61 Å². The van der Waals surface area contributed by atoms with Crippen molar-refractivity contribution in [1.82, 2.24) is 0 Å². The minimum atomic E-state index is -0.347. The summed E-state index contributed by atoms with van der Waals surface area (Å²) in [5.41, 5.74) is 6.05. The summed E-state index contributed by atoms with van der Waals surface area (Å²) in [5, 5.41) is 9.11. The van der Waals surface area contributed by atoms with Gasteiger partial charge in [0.1, 0.15) is 18.4 Å². The van der Waals surface area contributed by atoms with E-state index in [0.717, 1.165) is 6.42 Å². The number of nitrogens with two attached hydrogens (primary N) is 1. The zero-order valence-electron chi connectivity index (χ0n) is 9.46. The molecule has 1 rings (SSSR count). The summed E-state index contributed by atoms with van der Waals surface area (Å²) in [4.78, 5) is 0. The highest BCUT2D eigenvalue weighted by Crippen LogP contribution is 2.22. The van der Waals surface area contributed by atoms with Crippen LogP contribution in [-0.2, 0) is 0 Å². The maximum Gasteiger partial charge on any atom is 0.120 e. The molecule has 0 aliphatic heterocycles. The Hall–Kier alpha value is -1.24. The van der Waals surface area contributed by atoms with Crippen molar-refractivity contribution in [3.05, 3.63) is 28.8 Å². The molecular weight excluding hydrogens is 224 g/mol. The zero-order valence-corrected chi connectivity index (χ0v) is 10.2. The van der Waals surface area contributed by atoms with E-state index in [1.54, 1.807) is 18.2 Å². The van der Waals surface area contributed by atoms with Gasteiger partial charge in [-0.1, -0.05) is 18.5 Å². The van der Waals surface area contributed by atoms with E-state index in [2.05, 4.69) is 0 Å². The van der Waals surface area contributed by atoms with Gasteiger partial charge >= 0.3 is 0 Å². The first-order valence-electron chi connectivity index (χ1n) is 5.10. The van der Waals surface area contributed by atoms with Crippen molar-refractivity contribution < 1.29 is 4.74 Å².